The lowest BCUT2D eigenvalue weighted by atomic mass is 9.94. The normalized spacial score (nSPS) is 15.1. The zero-order valence-corrected chi connectivity index (χ0v) is 18.9. The summed E-state index contributed by atoms with van der Waals surface area (Å²) in [6, 6.07) is 15.3. The number of halogens is 1. The summed E-state index contributed by atoms with van der Waals surface area (Å²) in [5.74, 6) is 0.572. The number of aromatic nitrogens is 1. The SMILES string of the molecule is N#Cc1nc(-c2ccco2)oc1N1CCC(C(=O)NC(c2ccc(F)cc2)c2cccs2)CC1. The van der Waals surface area contributed by atoms with E-state index in [-0.39, 0.29) is 35.3 Å². The summed E-state index contributed by atoms with van der Waals surface area (Å²) in [6.07, 6.45) is 2.73. The Bertz CT molecular complexity index is 1290. The standard InChI is InChI=1S/C25H21FN4O3S/c26-18-7-5-16(6-8-18)22(21-4-2-14-34-21)29-23(31)17-9-11-30(12-10-17)25-19(15-27)28-24(33-25)20-3-1-13-32-20/h1-8,13-14,17,22H,9-12H2,(H,29,31). The molecule has 1 unspecified atom stereocenters. The molecule has 9 heteroatoms. The van der Waals surface area contributed by atoms with E-state index in [9.17, 15) is 14.4 Å². The van der Waals surface area contributed by atoms with Crippen LogP contribution < -0.4 is 10.2 Å². The first kappa shape index (κ1) is 21.9. The van der Waals surface area contributed by atoms with E-state index in [1.54, 1.807) is 35.6 Å². The quantitative estimate of drug-likeness (QED) is 0.415. The molecular weight excluding hydrogens is 455 g/mol. The molecule has 4 heterocycles. The summed E-state index contributed by atoms with van der Waals surface area (Å²) in [7, 11) is 0. The van der Waals surface area contributed by atoms with Gasteiger partial charge in [0, 0.05) is 23.9 Å². The van der Waals surface area contributed by atoms with Crippen LogP contribution in [-0.4, -0.2) is 24.0 Å². The van der Waals surface area contributed by atoms with Gasteiger partial charge >= 0.3 is 0 Å². The number of benzene rings is 1. The van der Waals surface area contributed by atoms with Gasteiger partial charge in [-0.25, -0.2) is 4.39 Å². The minimum Gasteiger partial charge on any atom is -0.459 e. The molecule has 1 amide bonds. The molecule has 1 saturated heterocycles. The Kier molecular flexibility index (Phi) is 6.14. The molecule has 3 aromatic heterocycles. The fourth-order valence-corrected chi connectivity index (χ4v) is 4.94. The van der Waals surface area contributed by atoms with Crippen molar-refractivity contribution in [2.24, 2.45) is 5.92 Å². The zero-order chi connectivity index (χ0) is 23.5. The molecule has 1 aliphatic rings. The van der Waals surface area contributed by atoms with E-state index >= 15 is 0 Å². The molecule has 1 atom stereocenters. The number of nitriles is 1. The highest BCUT2D eigenvalue weighted by molar-refractivity contribution is 7.10. The van der Waals surface area contributed by atoms with Crippen LogP contribution in [0.1, 0.15) is 35.0 Å². The van der Waals surface area contributed by atoms with E-state index < -0.39 is 0 Å². The van der Waals surface area contributed by atoms with Crippen LogP contribution in [0.25, 0.3) is 11.7 Å². The van der Waals surface area contributed by atoms with E-state index in [1.165, 1.54) is 18.4 Å². The molecule has 4 aromatic rings. The third-order valence-electron chi connectivity index (χ3n) is 5.92. The Morgan fingerprint density at radius 3 is 2.65 bits per heavy atom. The van der Waals surface area contributed by atoms with Crippen LogP contribution in [0.4, 0.5) is 10.3 Å². The van der Waals surface area contributed by atoms with Crippen LogP contribution >= 0.6 is 11.3 Å². The van der Waals surface area contributed by atoms with Gasteiger partial charge in [0.2, 0.25) is 17.5 Å². The van der Waals surface area contributed by atoms with Crippen molar-refractivity contribution in [3.63, 3.8) is 0 Å². The van der Waals surface area contributed by atoms with Crippen molar-refractivity contribution in [2.75, 3.05) is 18.0 Å². The van der Waals surface area contributed by atoms with Gasteiger partial charge in [0.1, 0.15) is 11.9 Å². The lowest BCUT2D eigenvalue weighted by Gasteiger charge is -2.32. The number of carbonyl (C=O) groups excluding carboxylic acids is 1. The molecule has 0 bridgehead atoms. The van der Waals surface area contributed by atoms with E-state index in [0.717, 1.165) is 10.4 Å². The van der Waals surface area contributed by atoms with Crippen molar-refractivity contribution < 1.29 is 18.0 Å². The molecule has 34 heavy (non-hydrogen) atoms. The minimum absolute atomic E-state index is 0.0447. The van der Waals surface area contributed by atoms with Crippen molar-refractivity contribution >= 4 is 23.1 Å². The number of oxazole rings is 1. The smallest absolute Gasteiger partial charge is 0.266 e. The van der Waals surface area contributed by atoms with Crippen LogP contribution in [-0.2, 0) is 4.79 Å². The summed E-state index contributed by atoms with van der Waals surface area (Å²) in [5, 5.41) is 14.6. The second kappa shape index (κ2) is 9.53. The second-order valence-corrected chi connectivity index (χ2v) is 9.01. The lowest BCUT2D eigenvalue weighted by Crippen LogP contribution is -2.41. The molecule has 5 rings (SSSR count). The van der Waals surface area contributed by atoms with E-state index in [2.05, 4.69) is 16.4 Å². The fraction of sp³-hybridized carbons (Fsp3) is 0.240. The number of piperidine rings is 1. The monoisotopic (exact) mass is 476 g/mol. The predicted octanol–water partition coefficient (Wildman–Crippen LogP) is 5.13. The fourth-order valence-electron chi connectivity index (χ4n) is 4.14. The maximum atomic E-state index is 13.4. The molecule has 0 radical (unpaired) electrons. The molecular formula is C25H21FN4O3S. The number of anilines is 1. The molecule has 0 saturated carbocycles. The molecule has 1 aliphatic heterocycles. The highest BCUT2D eigenvalue weighted by Gasteiger charge is 2.31. The average Bonchev–Trinajstić information content (AvgIpc) is 3.64. The Morgan fingerprint density at radius 2 is 2.00 bits per heavy atom. The van der Waals surface area contributed by atoms with Gasteiger partial charge in [-0.15, -0.1) is 11.3 Å². The number of furan rings is 1. The lowest BCUT2D eigenvalue weighted by molar-refractivity contribution is -0.126. The van der Waals surface area contributed by atoms with Crippen LogP contribution in [0.5, 0.6) is 0 Å². The van der Waals surface area contributed by atoms with Crippen molar-refractivity contribution in [3.05, 3.63) is 82.1 Å². The first-order valence-corrected chi connectivity index (χ1v) is 11.8. The maximum absolute atomic E-state index is 13.4. The summed E-state index contributed by atoms with van der Waals surface area (Å²) in [4.78, 5) is 20.3. The Hall–Kier alpha value is -3.90. The van der Waals surface area contributed by atoms with E-state index in [0.29, 0.717) is 37.6 Å². The topological polar surface area (TPSA) is 95.3 Å². The third kappa shape index (κ3) is 4.45. The van der Waals surface area contributed by atoms with Gasteiger partial charge in [-0.1, -0.05) is 18.2 Å². The number of nitrogens with zero attached hydrogens (tertiary/aromatic N) is 3. The van der Waals surface area contributed by atoms with Crippen LogP contribution in [0.15, 0.2) is 69.0 Å². The maximum Gasteiger partial charge on any atom is 0.266 e. The Balaban J connectivity index is 1.27. The van der Waals surface area contributed by atoms with Gasteiger partial charge in [0.05, 0.1) is 12.3 Å². The molecule has 0 aliphatic carbocycles. The number of hydrogen-bond donors (Lipinski definition) is 1. The van der Waals surface area contributed by atoms with Gasteiger partial charge in [-0.3, -0.25) is 4.79 Å². The number of hydrogen-bond acceptors (Lipinski definition) is 7. The van der Waals surface area contributed by atoms with Crippen LogP contribution in [0.2, 0.25) is 0 Å². The van der Waals surface area contributed by atoms with E-state index in [4.69, 9.17) is 8.83 Å². The number of nitrogens with one attached hydrogen (secondary N) is 1. The number of carbonyl (C=O) groups is 1. The van der Waals surface area contributed by atoms with Crippen LogP contribution in [0, 0.1) is 23.1 Å². The number of rotatable bonds is 6. The molecule has 1 N–H and O–H groups in total. The van der Waals surface area contributed by atoms with Crippen molar-refractivity contribution in [2.45, 2.75) is 18.9 Å². The van der Waals surface area contributed by atoms with Crippen molar-refractivity contribution in [1.29, 1.82) is 5.26 Å². The molecule has 172 valence electrons. The second-order valence-electron chi connectivity index (χ2n) is 8.03. The zero-order valence-electron chi connectivity index (χ0n) is 18.1. The highest BCUT2D eigenvalue weighted by Crippen LogP contribution is 2.32. The summed E-state index contributed by atoms with van der Waals surface area (Å²) < 4.78 is 24.6. The molecule has 0 spiro atoms. The Morgan fingerprint density at radius 1 is 1.21 bits per heavy atom. The largest absolute Gasteiger partial charge is 0.459 e. The van der Waals surface area contributed by atoms with Gasteiger partial charge in [-0.05, 0) is 54.1 Å². The van der Waals surface area contributed by atoms with Crippen LogP contribution in [0.3, 0.4) is 0 Å². The van der Waals surface area contributed by atoms with E-state index in [1.807, 2.05) is 22.4 Å². The molecule has 1 fully saturated rings. The van der Waals surface area contributed by atoms with Gasteiger partial charge in [0.25, 0.3) is 5.89 Å². The van der Waals surface area contributed by atoms with Gasteiger partial charge < -0.3 is 19.1 Å². The third-order valence-corrected chi connectivity index (χ3v) is 6.85. The minimum atomic E-state index is -0.332. The highest BCUT2D eigenvalue weighted by atomic mass is 32.1. The first-order valence-electron chi connectivity index (χ1n) is 10.9. The molecule has 7 nitrogen and oxygen atoms in total. The number of amides is 1. The van der Waals surface area contributed by atoms with Gasteiger partial charge in [-0.2, -0.15) is 10.2 Å². The van der Waals surface area contributed by atoms with Crippen molar-refractivity contribution in [3.8, 4) is 17.7 Å². The molecule has 1 aromatic carbocycles. The summed E-state index contributed by atoms with van der Waals surface area (Å²) in [5.41, 5.74) is 1.03. The first-order chi connectivity index (χ1) is 16.6. The predicted molar refractivity (Wildman–Crippen MR) is 125 cm³/mol. The summed E-state index contributed by atoms with van der Waals surface area (Å²) >= 11 is 1.55. The van der Waals surface area contributed by atoms with Crippen molar-refractivity contribution in [1.82, 2.24) is 10.3 Å². The average molecular weight is 477 g/mol. The van der Waals surface area contributed by atoms with Gasteiger partial charge in [0.15, 0.2) is 5.76 Å². The Labute approximate surface area is 199 Å². The summed E-state index contributed by atoms with van der Waals surface area (Å²) in [6.45, 7) is 1.11. The number of thiophene rings is 1.